The fraction of sp³-hybridized carbons (Fsp3) is 0.818. The van der Waals surface area contributed by atoms with Crippen molar-refractivity contribution >= 4 is 11.9 Å². The minimum absolute atomic E-state index is 0.0541. The maximum atomic E-state index is 11.4. The van der Waals surface area contributed by atoms with Crippen molar-refractivity contribution in [1.29, 1.82) is 0 Å². The Labute approximate surface area is 96.4 Å². The van der Waals surface area contributed by atoms with Crippen LogP contribution in [0.15, 0.2) is 0 Å². The standard InChI is InChI=1S/C11H21N3O2/c1-2-7-12-10(15)8-13-11(16)14-9-5-3-4-6-9/h9H,2-8H2,1H3,(H,12,15)(H2,13,14,16). The lowest BCUT2D eigenvalue weighted by Crippen LogP contribution is -2.45. The van der Waals surface area contributed by atoms with Crippen molar-refractivity contribution in [2.75, 3.05) is 13.1 Å². The van der Waals surface area contributed by atoms with Crippen LogP contribution in [-0.2, 0) is 4.79 Å². The minimum Gasteiger partial charge on any atom is -0.355 e. The van der Waals surface area contributed by atoms with Gasteiger partial charge in [-0.3, -0.25) is 4.79 Å². The molecule has 1 aliphatic rings. The molecule has 16 heavy (non-hydrogen) atoms. The number of carbonyl (C=O) groups is 2. The van der Waals surface area contributed by atoms with E-state index in [1.54, 1.807) is 0 Å². The van der Waals surface area contributed by atoms with Gasteiger partial charge in [-0.2, -0.15) is 0 Å². The Kier molecular flexibility index (Phi) is 5.67. The highest BCUT2D eigenvalue weighted by Crippen LogP contribution is 2.17. The summed E-state index contributed by atoms with van der Waals surface area (Å²) < 4.78 is 0. The third kappa shape index (κ3) is 5.00. The summed E-state index contributed by atoms with van der Waals surface area (Å²) >= 11 is 0. The number of nitrogens with one attached hydrogen (secondary N) is 3. The lowest BCUT2D eigenvalue weighted by atomic mass is 10.2. The van der Waals surface area contributed by atoms with Crippen LogP contribution in [0, 0.1) is 0 Å². The smallest absolute Gasteiger partial charge is 0.315 e. The summed E-state index contributed by atoms with van der Waals surface area (Å²) in [4.78, 5) is 22.6. The normalized spacial score (nSPS) is 15.8. The quantitative estimate of drug-likeness (QED) is 0.649. The fourth-order valence-electron chi connectivity index (χ4n) is 1.79. The molecule has 0 atom stereocenters. The van der Waals surface area contributed by atoms with E-state index in [1.807, 2.05) is 6.92 Å². The topological polar surface area (TPSA) is 70.2 Å². The summed E-state index contributed by atoms with van der Waals surface area (Å²) in [5.74, 6) is -0.136. The van der Waals surface area contributed by atoms with Gasteiger partial charge in [0, 0.05) is 12.6 Å². The first-order valence-corrected chi connectivity index (χ1v) is 6.03. The lowest BCUT2D eigenvalue weighted by molar-refractivity contribution is -0.120. The van der Waals surface area contributed by atoms with Gasteiger partial charge in [0.1, 0.15) is 0 Å². The summed E-state index contributed by atoms with van der Waals surface area (Å²) in [7, 11) is 0. The van der Waals surface area contributed by atoms with Crippen LogP contribution in [0.3, 0.4) is 0 Å². The molecule has 5 heteroatoms. The first kappa shape index (κ1) is 12.8. The molecular formula is C11H21N3O2. The molecule has 1 fully saturated rings. The molecule has 0 aromatic carbocycles. The maximum absolute atomic E-state index is 11.4. The number of urea groups is 1. The van der Waals surface area contributed by atoms with Crippen LogP contribution in [0.2, 0.25) is 0 Å². The number of rotatable bonds is 5. The monoisotopic (exact) mass is 227 g/mol. The first-order chi connectivity index (χ1) is 7.72. The van der Waals surface area contributed by atoms with Crippen molar-refractivity contribution in [1.82, 2.24) is 16.0 Å². The molecule has 0 aromatic rings. The average Bonchev–Trinajstić information content (AvgIpc) is 2.76. The second-order valence-electron chi connectivity index (χ2n) is 4.16. The van der Waals surface area contributed by atoms with Gasteiger partial charge in [0.05, 0.1) is 6.54 Å². The zero-order valence-electron chi connectivity index (χ0n) is 9.84. The highest BCUT2D eigenvalue weighted by atomic mass is 16.2. The highest BCUT2D eigenvalue weighted by Gasteiger charge is 2.16. The van der Waals surface area contributed by atoms with Crippen molar-refractivity contribution < 1.29 is 9.59 Å². The average molecular weight is 227 g/mol. The predicted molar refractivity (Wildman–Crippen MR) is 62.1 cm³/mol. The van der Waals surface area contributed by atoms with Gasteiger partial charge in [-0.25, -0.2) is 4.79 Å². The molecule has 0 aromatic heterocycles. The SMILES string of the molecule is CCCNC(=O)CNC(=O)NC1CCCC1. The van der Waals surface area contributed by atoms with Gasteiger partial charge in [0.25, 0.3) is 0 Å². The molecule has 0 aliphatic heterocycles. The summed E-state index contributed by atoms with van der Waals surface area (Å²) in [6.45, 7) is 2.70. The molecule has 0 heterocycles. The number of amides is 3. The van der Waals surface area contributed by atoms with Gasteiger partial charge < -0.3 is 16.0 Å². The number of hydrogen-bond acceptors (Lipinski definition) is 2. The lowest BCUT2D eigenvalue weighted by Gasteiger charge is -2.12. The molecular weight excluding hydrogens is 206 g/mol. The predicted octanol–water partition coefficient (Wildman–Crippen LogP) is 0.754. The molecule has 0 unspecified atom stereocenters. The van der Waals surface area contributed by atoms with E-state index in [0.717, 1.165) is 19.3 Å². The molecule has 0 saturated heterocycles. The van der Waals surface area contributed by atoms with Crippen LogP contribution in [0.5, 0.6) is 0 Å². The Morgan fingerprint density at radius 2 is 1.88 bits per heavy atom. The van der Waals surface area contributed by atoms with Gasteiger partial charge in [0.2, 0.25) is 5.91 Å². The Hall–Kier alpha value is -1.26. The van der Waals surface area contributed by atoms with Gasteiger partial charge in [0.15, 0.2) is 0 Å². The molecule has 92 valence electrons. The first-order valence-electron chi connectivity index (χ1n) is 6.03. The molecule has 3 amide bonds. The van der Waals surface area contributed by atoms with Crippen molar-refractivity contribution in [3.63, 3.8) is 0 Å². The molecule has 0 radical (unpaired) electrons. The van der Waals surface area contributed by atoms with E-state index in [2.05, 4.69) is 16.0 Å². The summed E-state index contributed by atoms with van der Waals surface area (Å²) in [6, 6.07) is 0.0530. The van der Waals surface area contributed by atoms with E-state index in [1.165, 1.54) is 12.8 Å². The highest BCUT2D eigenvalue weighted by molar-refractivity contribution is 5.83. The molecule has 1 aliphatic carbocycles. The van der Waals surface area contributed by atoms with Crippen LogP contribution in [0.25, 0.3) is 0 Å². The van der Waals surface area contributed by atoms with E-state index in [-0.39, 0.29) is 18.5 Å². The summed E-state index contributed by atoms with van der Waals surface area (Å²) in [5.41, 5.74) is 0. The van der Waals surface area contributed by atoms with Gasteiger partial charge in [-0.05, 0) is 19.3 Å². The molecule has 3 N–H and O–H groups in total. The molecule has 0 bridgehead atoms. The number of carbonyl (C=O) groups excluding carboxylic acids is 2. The third-order valence-electron chi connectivity index (χ3n) is 2.67. The maximum Gasteiger partial charge on any atom is 0.315 e. The largest absolute Gasteiger partial charge is 0.355 e. The van der Waals surface area contributed by atoms with Crippen LogP contribution in [0.1, 0.15) is 39.0 Å². The van der Waals surface area contributed by atoms with Crippen molar-refractivity contribution in [2.24, 2.45) is 0 Å². The van der Waals surface area contributed by atoms with Crippen LogP contribution < -0.4 is 16.0 Å². The van der Waals surface area contributed by atoms with Gasteiger partial charge in [-0.1, -0.05) is 19.8 Å². The van der Waals surface area contributed by atoms with Crippen LogP contribution in [0.4, 0.5) is 4.79 Å². The Balaban J connectivity index is 2.07. The van der Waals surface area contributed by atoms with Gasteiger partial charge in [-0.15, -0.1) is 0 Å². The van der Waals surface area contributed by atoms with E-state index in [9.17, 15) is 9.59 Å². The molecule has 1 rings (SSSR count). The summed E-state index contributed by atoms with van der Waals surface area (Å²) in [6.07, 6.45) is 5.37. The van der Waals surface area contributed by atoms with E-state index >= 15 is 0 Å². The zero-order valence-corrected chi connectivity index (χ0v) is 9.84. The van der Waals surface area contributed by atoms with E-state index in [4.69, 9.17) is 0 Å². The molecule has 1 saturated carbocycles. The van der Waals surface area contributed by atoms with E-state index in [0.29, 0.717) is 12.6 Å². The van der Waals surface area contributed by atoms with E-state index < -0.39 is 0 Å². The Morgan fingerprint density at radius 3 is 2.50 bits per heavy atom. The molecule has 5 nitrogen and oxygen atoms in total. The summed E-state index contributed by atoms with van der Waals surface area (Å²) in [5, 5.41) is 8.12. The van der Waals surface area contributed by atoms with Crippen molar-refractivity contribution in [3.05, 3.63) is 0 Å². The zero-order chi connectivity index (χ0) is 11.8. The fourth-order valence-corrected chi connectivity index (χ4v) is 1.79. The van der Waals surface area contributed by atoms with Gasteiger partial charge >= 0.3 is 6.03 Å². The Bertz CT molecular complexity index is 237. The van der Waals surface area contributed by atoms with Crippen LogP contribution in [-0.4, -0.2) is 31.1 Å². The van der Waals surface area contributed by atoms with Crippen LogP contribution >= 0.6 is 0 Å². The minimum atomic E-state index is -0.237. The van der Waals surface area contributed by atoms with Crippen molar-refractivity contribution in [3.8, 4) is 0 Å². The Morgan fingerprint density at radius 1 is 1.19 bits per heavy atom. The number of hydrogen-bond donors (Lipinski definition) is 3. The van der Waals surface area contributed by atoms with Crippen molar-refractivity contribution in [2.45, 2.75) is 45.1 Å². The molecule has 0 spiro atoms. The second kappa shape index (κ2) is 7.09. The third-order valence-corrected chi connectivity index (χ3v) is 2.67. The second-order valence-corrected chi connectivity index (χ2v) is 4.16.